The Balaban J connectivity index is 1.74. The van der Waals surface area contributed by atoms with Crippen molar-refractivity contribution in [2.75, 3.05) is 19.5 Å². The van der Waals surface area contributed by atoms with Gasteiger partial charge in [-0.05, 0) is 42.5 Å². The van der Waals surface area contributed by atoms with Gasteiger partial charge in [-0.3, -0.25) is 14.6 Å². The second kappa shape index (κ2) is 7.76. The number of hydrogen-bond donors (Lipinski definition) is 2. The lowest BCUT2D eigenvalue weighted by Crippen LogP contribution is -2.30. The van der Waals surface area contributed by atoms with Gasteiger partial charge >= 0.3 is 4.87 Å². The molecule has 4 rings (SSSR count). The molecule has 29 heavy (non-hydrogen) atoms. The summed E-state index contributed by atoms with van der Waals surface area (Å²) in [5, 5.41) is 4.53. The number of hydrogen-bond acceptors (Lipinski definition) is 6. The number of carbonyl (C=O) groups excluding carboxylic acids is 1. The van der Waals surface area contributed by atoms with Crippen LogP contribution in [0.1, 0.15) is 4.88 Å². The number of rotatable bonds is 5. The van der Waals surface area contributed by atoms with E-state index in [4.69, 9.17) is 9.47 Å². The van der Waals surface area contributed by atoms with Gasteiger partial charge in [0.2, 0.25) is 0 Å². The van der Waals surface area contributed by atoms with Gasteiger partial charge in [-0.15, -0.1) is 0 Å². The minimum atomic E-state index is -0.365. The lowest BCUT2D eigenvalue weighted by Gasteiger charge is -2.08. The molecule has 0 saturated heterocycles. The van der Waals surface area contributed by atoms with E-state index >= 15 is 0 Å². The molecule has 1 aromatic heterocycles. The molecule has 0 spiro atoms. The Hall–Kier alpha value is -3.65. The van der Waals surface area contributed by atoms with E-state index in [1.165, 1.54) is 0 Å². The highest BCUT2D eigenvalue weighted by atomic mass is 32.1. The molecule has 1 amide bonds. The zero-order valence-corrected chi connectivity index (χ0v) is 16.5. The summed E-state index contributed by atoms with van der Waals surface area (Å²) in [4.78, 5) is 31.7. The Labute approximate surface area is 169 Å². The number of methoxy groups -OCH3 is 2. The van der Waals surface area contributed by atoms with Crippen LogP contribution in [0, 0.1) is 0 Å². The SMILES string of the molecule is COc1cccc(Nc2[nH]c(=O)sc2/C=C2\C=c3cc(OC)ccc3=NC2=O)c1. The Morgan fingerprint density at radius 3 is 2.66 bits per heavy atom. The predicted octanol–water partition coefficient (Wildman–Crippen LogP) is 2.22. The molecule has 7 nitrogen and oxygen atoms in total. The van der Waals surface area contributed by atoms with Gasteiger partial charge in [-0.2, -0.15) is 0 Å². The van der Waals surface area contributed by atoms with Crippen molar-refractivity contribution in [2.24, 2.45) is 4.99 Å². The van der Waals surface area contributed by atoms with Crippen molar-refractivity contribution in [2.45, 2.75) is 0 Å². The van der Waals surface area contributed by atoms with E-state index < -0.39 is 0 Å². The van der Waals surface area contributed by atoms with Crippen LogP contribution in [0.25, 0.3) is 12.2 Å². The van der Waals surface area contributed by atoms with Gasteiger partial charge in [0.1, 0.15) is 17.3 Å². The highest BCUT2D eigenvalue weighted by molar-refractivity contribution is 7.10. The molecule has 3 aromatic rings. The van der Waals surface area contributed by atoms with Crippen LogP contribution in [0.2, 0.25) is 0 Å². The van der Waals surface area contributed by atoms with Crippen molar-refractivity contribution in [3.8, 4) is 11.5 Å². The van der Waals surface area contributed by atoms with Gasteiger partial charge in [0.25, 0.3) is 5.91 Å². The third kappa shape index (κ3) is 3.97. The van der Waals surface area contributed by atoms with Crippen molar-refractivity contribution in [3.63, 3.8) is 0 Å². The molecule has 2 heterocycles. The van der Waals surface area contributed by atoms with E-state index in [1.54, 1.807) is 38.5 Å². The second-order valence-corrected chi connectivity index (χ2v) is 7.21. The first-order valence-electron chi connectivity index (χ1n) is 8.70. The molecule has 1 aliphatic heterocycles. The summed E-state index contributed by atoms with van der Waals surface area (Å²) in [6.07, 6.45) is 3.39. The first kappa shape index (κ1) is 18.7. The summed E-state index contributed by atoms with van der Waals surface area (Å²) < 4.78 is 10.5. The summed E-state index contributed by atoms with van der Waals surface area (Å²) in [5.74, 6) is 1.50. The quantitative estimate of drug-likeness (QED) is 0.633. The largest absolute Gasteiger partial charge is 0.497 e. The van der Waals surface area contributed by atoms with Gasteiger partial charge in [0.05, 0.1) is 24.5 Å². The number of nitrogens with zero attached hydrogens (tertiary/aromatic N) is 1. The van der Waals surface area contributed by atoms with Gasteiger partial charge in [-0.1, -0.05) is 17.4 Å². The minimum absolute atomic E-state index is 0.232. The number of amides is 1. The highest BCUT2D eigenvalue weighted by Gasteiger charge is 2.14. The van der Waals surface area contributed by atoms with E-state index in [2.05, 4.69) is 15.3 Å². The summed E-state index contributed by atoms with van der Waals surface area (Å²) >= 11 is 1.01. The molecule has 2 N–H and O–H groups in total. The van der Waals surface area contributed by atoms with Crippen LogP contribution in [0.4, 0.5) is 11.5 Å². The molecule has 146 valence electrons. The molecule has 1 aliphatic rings. The third-order valence-corrected chi connectivity index (χ3v) is 5.15. The van der Waals surface area contributed by atoms with E-state index in [9.17, 15) is 9.59 Å². The predicted molar refractivity (Wildman–Crippen MR) is 112 cm³/mol. The summed E-state index contributed by atoms with van der Waals surface area (Å²) in [7, 11) is 3.17. The smallest absolute Gasteiger partial charge is 0.306 e. The van der Waals surface area contributed by atoms with Gasteiger partial charge in [-0.25, -0.2) is 4.99 Å². The Kier molecular flexibility index (Phi) is 5.01. The lowest BCUT2D eigenvalue weighted by atomic mass is 10.1. The van der Waals surface area contributed by atoms with Crippen molar-refractivity contribution < 1.29 is 14.3 Å². The van der Waals surface area contributed by atoms with Crippen LogP contribution in [-0.2, 0) is 4.79 Å². The first-order valence-corrected chi connectivity index (χ1v) is 9.52. The van der Waals surface area contributed by atoms with E-state index in [0.717, 1.165) is 22.2 Å². The molecule has 0 fully saturated rings. The number of benzene rings is 2. The number of aromatic amines is 1. The average molecular weight is 407 g/mol. The van der Waals surface area contributed by atoms with Crippen LogP contribution in [0.3, 0.4) is 0 Å². The summed E-state index contributed by atoms with van der Waals surface area (Å²) in [6.45, 7) is 0. The first-order chi connectivity index (χ1) is 14.1. The van der Waals surface area contributed by atoms with Crippen molar-refractivity contribution in [1.82, 2.24) is 4.98 Å². The van der Waals surface area contributed by atoms with Gasteiger partial charge in [0.15, 0.2) is 0 Å². The fourth-order valence-electron chi connectivity index (χ4n) is 2.90. The normalized spacial score (nSPS) is 14.0. The Morgan fingerprint density at radius 1 is 1.07 bits per heavy atom. The number of ether oxygens (including phenoxy) is 2. The van der Waals surface area contributed by atoms with E-state index in [1.807, 2.05) is 30.3 Å². The molecule has 0 aliphatic carbocycles. The van der Waals surface area contributed by atoms with Crippen LogP contribution >= 0.6 is 11.3 Å². The molecule has 2 aromatic carbocycles. The standard InChI is InChI=1S/C21H17N3O4S/c1-27-15-5-3-4-14(11-15)22-19-18(29-21(26)24-19)10-13-8-12-9-16(28-2)6-7-17(12)23-20(13)25/h3-11,22H,1-2H3,(H,24,26)/b13-10+. The fraction of sp³-hybridized carbons (Fsp3) is 0.0952. The fourth-order valence-corrected chi connectivity index (χ4v) is 3.65. The number of fused-ring (bicyclic) bond motifs is 1. The number of nitrogens with one attached hydrogen (secondary N) is 2. The number of H-pyrrole nitrogens is 1. The van der Waals surface area contributed by atoms with Gasteiger partial charge in [0, 0.05) is 22.5 Å². The lowest BCUT2D eigenvalue weighted by molar-refractivity contribution is -0.114. The summed E-state index contributed by atoms with van der Waals surface area (Å²) in [5.41, 5.74) is 1.13. The van der Waals surface area contributed by atoms with E-state index in [0.29, 0.717) is 33.1 Å². The second-order valence-electron chi connectivity index (χ2n) is 6.20. The molecule has 0 saturated carbocycles. The maximum Gasteiger partial charge on any atom is 0.306 e. The Bertz CT molecular complexity index is 1300. The zero-order chi connectivity index (χ0) is 20.4. The molecular formula is C21H17N3O4S. The highest BCUT2D eigenvalue weighted by Crippen LogP contribution is 2.26. The van der Waals surface area contributed by atoms with Crippen LogP contribution < -0.4 is 30.2 Å². The van der Waals surface area contributed by atoms with Crippen molar-refractivity contribution >= 4 is 40.9 Å². The van der Waals surface area contributed by atoms with E-state index in [-0.39, 0.29) is 10.8 Å². The zero-order valence-electron chi connectivity index (χ0n) is 15.7. The summed E-state index contributed by atoms with van der Waals surface area (Å²) in [6, 6.07) is 12.6. The van der Waals surface area contributed by atoms with Crippen molar-refractivity contribution in [1.29, 1.82) is 0 Å². The number of anilines is 2. The van der Waals surface area contributed by atoms with Crippen molar-refractivity contribution in [3.05, 3.63) is 73.2 Å². The topological polar surface area (TPSA) is 92.8 Å². The van der Waals surface area contributed by atoms with Crippen LogP contribution in [0.15, 0.2) is 57.8 Å². The third-order valence-electron chi connectivity index (χ3n) is 4.32. The molecule has 8 heteroatoms. The monoisotopic (exact) mass is 407 g/mol. The molecule has 0 atom stereocenters. The number of carbonyl (C=O) groups is 1. The van der Waals surface area contributed by atoms with Gasteiger partial charge < -0.3 is 14.8 Å². The molecule has 0 bridgehead atoms. The number of aromatic nitrogens is 1. The molecule has 0 radical (unpaired) electrons. The van der Waals surface area contributed by atoms with Crippen LogP contribution in [0.5, 0.6) is 11.5 Å². The molecular weight excluding hydrogens is 390 g/mol. The maximum atomic E-state index is 12.5. The Morgan fingerprint density at radius 2 is 1.86 bits per heavy atom. The van der Waals surface area contributed by atoms with Crippen LogP contribution in [-0.4, -0.2) is 25.1 Å². The average Bonchev–Trinajstić information content (AvgIpc) is 3.07. The maximum absolute atomic E-state index is 12.5. The molecule has 0 unspecified atom stereocenters. The minimum Gasteiger partial charge on any atom is -0.497 e. The number of thiazole rings is 1.